The Balaban J connectivity index is 2.11. The summed E-state index contributed by atoms with van der Waals surface area (Å²) < 4.78 is 27.8. The summed E-state index contributed by atoms with van der Waals surface area (Å²) in [6, 6.07) is 9.88. The van der Waals surface area contributed by atoms with Crippen LogP contribution in [0.4, 0.5) is 5.69 Å². The van der Waals surface area contributed by atoms with Crippen LogP contribution in [0.25, 0.3) is 10.9 Å². The molecule has 3 rings (SSSR count). The summed E-state index contributed by atoms with van der Waals surface area (Å²) in [6.07, 6.45) is 2.09. The molecule has 1 aromatic heterocycles. The van der Waals surface area contributed by atoms with Crippen LogP contribution >= 0.6 is 0 Å². The summed E-state index contributed by atoms with van der Waals surface area (Å²) in [5, 5.41) is 2.81. The predicted octanol–water partition coefficient (Wildman–Crippen LogP) is 3.11. The van der Waals surface area contributed by atoms with Crippen molar-refractivity contribution in [2.24, 2.45) is 0 Å². The number of aromatic amines is 1. The number of nitrogens with one attached hydrogen (secondary N) is 2. The number of rotatable bonds is 6. The highest BCUT2D eigenvalue weighted by molar-refractivity contribution is 7.92. The highest BCUT2D eigenvalue weighted by atomic mass is 32.2. The lowest BCUT2D eigenvalue weighted by Crippen LogP contribution is -2.30. The Morgan fingerprint density at radius 3 is 2.43 bits per heavy atom. The number of carbonyl (C=O) groups excluding carboxylic acids is 1. The zero-order valence-corrected chi connectivity index (χ0v) is 18.3. The smallest absolute Gasteiger partial charge is 0.264 e. The first-order valence-corrected chi connectivity index (χ1v) is 11.1. The average Bonchev–Trinajstić information content (AvgIpc) is 2.71. The van der Waals surface area contributed by atoms with Crippen molar-refractivity contribution in [3.63, 3.8) is 0 Å². The number of H-pyrrole nitrogens is 1. The van der Waals surface area contributed by atoms with E-state index in [1.165, 1.54) is 35.7 Å². The monoisotopic (exact) mass is 427 g/mol. The van der Waals surface area contributed by atoms with Crippen LogP contribution in [0, 0.1) is 13.8 Å². The van der Waals surface area contributed by atoms with Gasteiger partial charge in [-0.05, 0) is 49.6 Å². The Labute approximate surface area is 175 Å². The van der Waals surface area contributed by atoms with Gasteiger partial charge in [-0.25, -0.2) is 8.42 Å². The van der Waals surface area contributed by atoms with E-state index in [9.17, 15) is 18.0 Å². The van der Waals surface area contributed by atoms with Crippen LogP contribution < -0.4 is 15.1 Å². The van der Waals surface area contributed by atoms with Crippen LogP contribution in [-0.2, 0) is 10.0 Å². The molecule has 1 amide bonds. The standard InChI is InChI=1S/C22H25N3O4S/c1-5-11-23-22(27)18-13-24-19-10-9-16(12-17(19)21(18)26)30(28,29)25(4)20-14(2)7-6-8-15(20)3/h6-10,12-13H,5,11H2,1-4H3,(H,23,27)(H,24,26). The number of sulfonamides is 1. The maximum atomic E-state index is 13.3. The number of amides is 1. The van der Waals surface area contributed by atoms with Gasteiger partial charge < -0.3 is 10.3 Å². The molecule has 0 aliphatic rings. The molecule has 0 atom stereocenters. The molecule has 1 heterocycles. The predicted molar refractivity (Wildman–Crippen MR) is 119 cm³/mol. The van der Waals surface area contributed by atoms with Gasteiger partial charge in [-0.2, -0.15) is 0 Å². The zero-order chi connectivity index (χ0) is 22.1. The highest BCUT2D eigenvalue weighted by Crippen LogP contribution is 2.29. The first-order chi connectivity index (χ1) is 14.2. The summed E-state index contributed by atoms with van der Waals surface area (Å²) in [5.74, 6) is -0.485. The van der Waals surface area contributed by atoms with E-state index < -0.39 is 21.4 Å². The van der Waals surface area contributed by atoms with E-state index in [1.54, 1.807) is 0 Å². The van der Waals surface area contributed by atoms with Crippen molar-refractivity contribution < 1.29 is 13.2 Å². The van der Waals surface area contributed by atoms with Crippen molar-refractivity contribution in [2.75, 3.05) is 17.9 Å². The molecular weight excluding hydrogens is 402 g/mol. The van der Waals surface area contributed by atoms with Gasteiger partial charge in [-0.3, -0.25) is 13.9 Å². The Bertz CT molecular complexity index is 1260. The third kappa shape index (κ3) is 3.82. The summed E-state index contributed by atoms with van der Waals surface area (Å²) in [5.41, 5.74) is 2.15. The summed E-state index contributed by atoms with van der Waals surface area (Å²) in [7, 11) is -2.42. The van der Waals surface area contributed by atoms with Gasteiger partial charge in [0, 0.05) is 30.7 Å². The Hall–Kier alpha value is -3.13. The number of carbonyl (C=O) groups is 1. The van der Waals surface area contributed by atoms with Crippen LogP contribution in [0.1, 0.15) is 34.8 Å². The number of aryl methyl sites for hydroxylation is 2. The van der Waals surface area contributed by atoms with Crippen molar-refractivity contribution in [3.05, 3.63) is 69.5 Å². The van der Waals surface area contributed by atoms with Gasteiger partial charge in [0.05, 0.1) is 10.6 Å². The molecule has 158 valence electrons. The molecule has 0 saturated heterocycles. The van der Waals surface area contributed by atoms with Crippen LogP contribution in [0.2, 0.25) is 0 Å². The van der Waals surface area contributed by atoms with Crippen molar-refractivity contribution in [3.8, 4) is 0 Å². The topological polar surface area (TPSA) is 99.3 Å². The molecule has 0 fully saturated rings. The molecule has 2 aromatic carbocycles. The molecule has 30 heavy (non-hydrogen) atoms. The number of para-hydroxylation sites is 1. The maximum absolute atomic E-state index is 13.3. The number of benzene rings is 2. The van der Waals surface area contributed by atoms with E-state index >= 15 is 0 Å². The zero-order valence-electron chi connectivity index (χ0n) is 17.4. The first-order valence-electron chi connectivity index (χ1n) is 9.67. The molecule has 0 spiro atoms. The summed E-state index contributed by atoms with van der Waals surface area (Å²) in [6.45, 7) is 6.06. The molecular formula is C22H25N3O4S. The lowest BCUT2D eigenvalue weighted by molar-refractivity contribution is 0.0952. The number of fused-ring (bicyclic) bond motifs is 1. The number of hydrogen-bond acceptors (Lipinski definition) is 4. The van der Waals surface area contributed by atoms with Gasteiger partial charge in [-0.1, -0.05) is 25.1 Å². The molecule has 2 N–H and O–H groups in total. The van der Waals surface area contributed by atoms with Crippen molar-refractivity contribution >= 4 is 32.5 Å². The minimum absolute atomic E-state index is 0.0169. The molecule has 0 radical (unpaired) electrons. The highest BCUT2D eigenvalue weighted by Gasteiger charge is 2.25. The number of nitrogens with zero attached hydrogens (tertiary/aromatic N) is 1. The van der Waals surface area contributed by atoms with Gasteiger partial charge in [-0.15, -0.1) is 0 Å². The molecule has 0 bridgehead atoms. The van der Waals surface area contributed by atoms with Crippen molar-refractivity contribution in [2.45, 2.75) is 32.1 Å². The Morgan fingerprint density at radius 2 is 1.80 bits per heavy atom. The maximum Gasteiger partial charge on any atom is 0.264 e. The van der Waals surface area contributed by atoms with E-state index in [0.29, 0.717) is 17.7 Å². The summed E-state index contributed by atoms with van der Waals surface area (Å²) >= 11 is 0. The fourth-order valence-electron chi connectivity index (χ4n) is 3.44. The molecule has 3 aromatic rings. The second-order valence-electron chi connectivity index (χ2n) is 7.21. The molecule has 0 unspecified atom stereocenters. The van der Waals surface area contributed by atoms with E-state index in [0.717, 1.165) is 17.5 Å². The molecule has 8 heteroatoms. The van der Waals surface area contributed by atoms with Gasteiger partial charge in [0.2, 0.25) is 5.43 Å². The van der Waals surface area contributed by atoms with Gasteiger partial charge in [0.1, 0.15) is 5.56 Å². The number of pyridine rings is 1. The van der Waals surface area contributed by atoms with E-state index in [4.69, 9.17) is 0 Å². The van der Waals surface area contributed by atoms with Gasteiger partial charge >= 0.3 is 0 Å². The van der Waals surface area contributed by atoms with Crippen molar-refractivity contribution in [1.82, 2.24) is 10.3 Å². The SMILES string of the molecule is CCCNC(=O)c1c[nH]c2ccc(S(=O)(=O)N(C)c3c(C)cccc3C)cc2c1=O. The second-order valence-corrected chi connectivity index (χ2v) is 9.18. The molecule has 0 saturated carbocycles. The Morgan fingerprint density at radius 1 is 1.13 bits per heavy atom. The normalized spacial score (nSPS) is 11.5. The molecule has 7 nitrogen and oxygen atoms in total. The number of hydrogen-bond donors (Lipinski definition) is 2. The first kappa shape index (κ1) is 21.6. The van der Waals surface area contributed by atoms with E-state index in [2.05, 4.69) is 10.3 Å². The van der Waals surface area contributed by atoms with Gasteiger partial charge in [0.25, 0.3) is 15.9 Å². The fourth-order valence-corrected chi connectivity index (χ4v) is 4.79. The van der Waals surface area contributed by atoms with Gasteiger partial charge in [0.15, 0.2) is 0 Å². The number of anilines is 1. The minimum Gasteiger partial charge on any atom is -0.360 e. The van der Waals surface area contributed by atoms with Crippen molar-refractivity contribution in [1.29, 1.82) is 0 Å². The Kier molecular flexibility index (Phi) is 5.98. The second kappa shape index (κ2) is 8.31. The van der Waals surface area contributed by atoms with E-state index in [-0.39, 0.29) is 15.8 Å². The lowest BCUT2D eigenvalue weighted by atomic mass is 10.1. The largest absolute Gasteiger partial charge is 0.360 e. The van der Waals surface area contributed by atoms with E-state index in [1.807, 2.05) is 39.0 Å². The van der Waals surface area contributed by atoms with Crippen LogP contribution in [0.3, 0.4) is 0 Å². The van der Waals surface area contributed by atoms with Crippen LogP contribution in [-0.4, -0.2) is 32.9 Å². The molecule has 0 aliphatic carbocycles. The number of aromatic nitrogens is 1. The molecule has 0 aliphatic heterocycles. The average molecular weight is 428 g/mol. The fraction of sp³-hybridized carbons (Fsp3) is 0.273. The van der Waals surface area contributed by atoms with Crippen LogP contribution in [0.15, 0.2) is 52.3 Å². The van der Waals surface area contributed by atoms with Crippen LogP contribution in [0.5, 0.6) is 0 Å². The quantitative estimate of drug-likeness (QED) is 0.631. The lowest BCUT2D eigenvalue weighted by Gasteiger charge is -2.23. The third-order valence-corrected chi connectivity index (χ3v) is 6.80. The minimum atomic E-state index is -3.91. The third-order valence-electron chi connectivity index (χ3n) is 5.05. The summed E-state index contributed by atoms with van der Waals surface area (Å²) in [4.78, 5) is 28.0.